The van der Waals surface area contributed by atoms with Crippen LogP contribution in [0, 0.1) is 0 Å². The van der Waals surface area contributed by atoms with Crippen molar-refractivity contribution in [1.29, 1.82) is 0 Å². The summed E-state index contributed by atoms with van der Waals surface area (Å²) in [5.41, 5.74) is 0.0522. The molecule has 0 aromatic heterocycles. The van der Waals surface area contributed by atoms with Crippen molar-refractivity contribution in [1.82, 2.24) is 0 Å². The molecule has 0 heterocycles. The Labute approximate surface area is 228 Å². The lowest BCUT2D eigenvalue weighted by Gasteiger charge is -2.13. The number of carbonyl (C=O) groups excluding carboxylic acids is 1. The number of aryl methyl sites for hydroxylation is 1. The number of nitrogens with zero attached hydrogens (tertiary/aromatic N) is 2. The summed E-state index contributed by atoms with van der Waals surface area (Å²) in [7, 11) is -3.24. The Bertz CT molecular complexity index is 1710. The van der Waals surface area contributed by atoms with Crippen LogP contribution in [0.1, 0.15) is 22.8 Å². The molecule has 0 aliphatic rings. The fraction of sp³-hybridized carbons (Fsp3) is 0.115. The first kappa shape index (κ1) is 27.3. The van der Waals surface area contributed by atoms with E-state index in [9.17, 15) is 22.9 Å². The number of aromatic hydroxyl groups is 1. The van der Waals surface area contributed by atoms with Crippen LogP contribution >= 0.6 is 23.2 Å². The summed E-state index contributed by atoms with van der Waals surface area (Å²) in [5, 5.41) is 23.2. The number of benzene rings is 4. The first-order chi connectivity index (χ1) is 18.0. The van der Waals surface area contributed by atoms with Crippen LogP contribution in [0.2, 0.25) is 10.0 Å². The van der Waals surface area contributed by atoms with E-state index in [2.05, 4.69) is 15.5 Å². The predicted molar refractivity (Wildman–Crippen MR) is 146 cm³/mol. The van der Waals surface area contributed by atoms with Gasteiger partial charge in [0.05, 0.1) is 18.4 Å². The van der Waals surface area contributed by atoms with Crippen LogP contribution in [0.5, 0.6) is 11.5 Å². The second-order valence-electron chi connectivity index (χ2n) is 8.06. The van der Waals surface area contributed by atoms with E-state index in [1.54, 1.807) is 49.4 Å². The minimum Gasteiger partial charge on any atom is -0.505 e. The quantitative estimate of drug-likeness (QED) is 0.156. The molecular formula is C26H21Cl2N3O6S. The summed E-state index contributed by atoms with van der Waals surface area (Å²) in [6.07, 6.45) is 0.245. The van der Waals surface area contributed by atoms with Gasteiger partial charge in [0.25, 0.3) is 16.0 Å². The van der Waals surface area contributed by atoms with Gasteiger partial charge in [-0.1, -0.05) is 60.5 Å². The Kier molecular flexibility index (Phi) is 7.89. The summed E-state index contributed by atoms with van der Waals surface area (Å²) in [6.45, 7) is 1.69. The Morgan fingerprint density at radius 2 is 1.79 bits per heavy atom. The third-order valence-corrected chi connectivity index (χ3v) is 7.27. The van der Waals surface area contributed by atoms with Crippen molar-refractivity contribution in [3.8, 4) is 11.5 Å². The molecule has 196 valence electrons. The maximum absolute atomic E-state index is 13.2. The van der Waals surface area contributed by atoms with Crippen molar-refractivity contribution >= 4 is 67.1 Å². The van der Waals surface area contributed by atoms with Gasteiger partial charge in [0.2, 0.25) is 0 Å². The third-order valence-electron chi connectivity index (χ3n) is 5.68. The molecule has 0 atom stereocenters. The van der Waals surface area contributed by atoms with Gasteiger partial charge in [-0.2, -0.15) is 8.42 Å². The summed E-state index contributed by atoms with van der Waals surface area (Å²) in [5.74, 6) is -0.839. The second kappa shape index (κ2) is 11.0. The Balaban J connectivity index is 1.86. The normalized spacial score (nSPS) is 11.7. The van der Waals surface area contributed by atoms with Crippen LogP contribution in [0.15, 0.2) is 75.8 Å². The van der Waals surface area contributed by atoms with Gasteiger partial charge >= 0.3 is 0 Å². The van der Waals surface area contributed by atoms with Crippen molar-refractivity contribution < 1.29 is 27.6 Å². The molecule has 0 radical (unpaired) electrons. The number of amides is 1. The number of carbonyl (C=O) groups is 1. The van der Waals surface area contributed by atoms with Crippen LogP contribution in [-0.4, -0.2) is 31.1 Å². The molecule has 0 aliphatic heterocycles. The maximum Gasteiger partial charge on any atom is 0.297 e. The SMILES string of the molecule is CCc1cc(Cl)cc(N=Nc2c(O)c(C(=O)Nc3cccc(OC)c3Cl)cc3ccccc23)c1S(=O)(=O)O. The minimum atomic E-state index is -4.68. The molecule has 3 N–H and O–H groups in total. The Morgan fingerprint density at radius 1 is 1.05 bits per heavy atom. The molecule has 4 rings (SSSR count). The van der Waals surface area contributed by atoms with E-state index < -0.39 is 26.7 Å². The van der Waals surface area contributed by atoms with Crippen LogP contribution in [0.4, 0.5) is 17.1 Å². The number of nitrogens with one attached hydrogen (secondary N) is 1. The number of phenols is 1. The molecule has 0 saturated heterocycles. The zero-order valence-electron chi connectivity index (χ0n) is 20.1. The fourth-order valence-corrected chi connectivity index (χ4v) is 5.30. The molecule has 0 bridgehead atoms. The molecule has 4 aromatic carbocycles. The van der Waals surface area contributed by atoms with E-state index in [0.29, 0.717) is 16.5 Å². The summed E-state index contributed by atoms with van der Waals surface area (Å²) < 4.78 is 39.2. The third kappa shape index (κ3) is 5.44. The molecule has 12 heteroatoms. The average Bonchev–Trinajstić information content (AvgIpc) is 2.87. The number of anilines is 1. The molecule has 4 aromatic rings. The molecule has 0 saturated carbocycles. The predicted octanol–water partition coefficient (Wildman–Crippen LogP) is 7.34. The average molecular weight is 574 g/mol. The van der Waals surface area contributed by atoms with Crippen LogP contribution < -0.4 is 10.1 Å². The summed E-state index contributed by atoms with van der Waals surface area (Å²) in [4.78, 5) is 12.8. The van der Waals surface area contributed by atoms with Crippen molar-refractivity contribution in [3.63, 3.8) is 0 Å². The summed E-state index contributed by atoms with van der Waals surface area (Å²) in [6, 6.07) is 15.8. The first-order valence-electron chi connectivity index (χ1n) is 11.1. The van der Waals surface area contributed by atoms with E-state index in [-0.39, 0.29) is 44.7 Å². The molecule has 38 heavy (non-hydrogen) atoms. The van der Waals surface area contributed by atoms with E-state index in [1.165, 1.54) is 25.3 Å². The number of rotatable bonds is 7. The zero-order chi connectivity index (χ0) is 27.6. The van der Waals surface area contributed by atoms with Crippen LogP contribution in [0.3, 0.4) is 0 Å². The van der Waals surface area contributed by atoms with Crippen LogP contribution in [-0.2, 0) is 16.5 Å². The van der Waals surface area contributed by atoms with Crippen LogP contribution in [0.25, 0.3) is 10.8 Å². The smallest absolute Gasteiger partial charge is 0.297 e. The number of fused-ring (bicyclic) bond motifs is 1. The Hall–Kier alpha value is -3.70. The standard InChI is InChI=1S/C26H21Cl2N3O6S/c1-3-14-11-16(27)13-20(25(14)38(34,35)36)30-31-23-17-8-5-4-7-15(17)12-18(24(23)32)26(33)29-19-9-6-10-21(37-2)22(19)28/h4-13,32H,3H2,1-2H3,(H,29,33)(H,34,35,36). The number of hydrogen-bond acceptors (Lipinski definition) is 7. The molecule has 0 aliphatic carbocycles. The number of hydrogen-bond donors (Lipinski definition) is 3. The topological polar surface area (TPSA) is 138 Å². The maximum atomic E-state index is 13.2. The fourth-order valence-electron chi connectivity index (χ4n) is 3.92. The van der Waals surface area contributed by atoms with Gasteiger partial charge in [-0.05, 0) is 47.7 Å². The van der Waals surface area contributed by atoms with E-state index in [0.717, 1.165) is 0 Å². The zero-order valence-corrected chi connectivity index (χ0v) is 22.4. The van der Waals surface area contributed by atoms with Gasteiger partial charge in [-0.25, -0.2) is 0 Å². The van der Waals surface area contributed by atoms with E-state index in [1.807, 2.05) is 0 Å². The molecular weight excluding hydrogens is 553 g/mol. The first-order valence-corrected chi connectivity index (χ1v) is 13.3. The van der Waals surface area contributed by atoms with Gasteiger partial charge in [-0.15, -0.1) is 10.2 Å². The van der Waals surface area contributed by atoms with Gasteiger partial charge in [0.15, 0.2) is 5.75 Å². The molecule has 0 unspecified atom stereocenters. The molecule has 9 nitrogen and oxygen atoms in total. The monoisotopic (exact) mass is 573 g/mol. The van der Waals surface area contributed by atoms with Crippen molar-refractivity contribution in [2.24, 2.45) is 10.2 Å². The lowest BCUT2D eigenvalue weighted by atomic mass is 10.0. The van der Waals surface area contributed by atoms with Crippen molar-refractivity contribution in [3.05, 3.63) is 81.8 Å². The summed E-state index contributed by atoms with van der Waals surface area (Å²) >= 11 is 12.4. The van der Waals surface area contributed by atoms with Crippen molar-refractivity contribution in [2.45, 2.75) is 18.2 Å². The number of methoxy groups -OCH3 is 1. The number of phenolic OH excluding ortho intramolecular Hbond substituents is 1. The largest absolute Gasteiger partial charge is 0.505 e. The van der Waals surface area contributed by atoms with E-state index in [4.69, 9.17) is 27.9 Å². The van der Waals surface area contributed by atoms with Crippen molar-refractivity contribution in [2.75, 3.05) is 12.4 Å². The highest BCUT2D eigenvalue weighted by Crippen LogP contribution is 2.41. The second-order valence-corrected chi connectivity index (χ2v) is 10.2. The number of azo groups is 1. The number of ether oxygens (including phenoxy) is 1. The number of halogens is 2. The van der Waals surface area contributed by atoms with Gasteiger partial charge in [0, 0.05) is 10.4 Å². The lowest BCUT2D eigenvalue weighted by Crippen LogP contribution is -2.12. The van der Waals surface area contributed by atoms with Gasteiger partial charge < -0.3 is 15.2 Å². The minimum absolute atomic E-state index is 0.0932. The molecule has 1 amide bonds. The van der Waals surface area contributed by atoms with Gasteiger partial charge in [0.1, 0.15) is 27.0 Å². The Morgan fingerprint density at radius 3 is 2.47 bits per heavy atom. The highest BCUT2D eigenvalue weighted by Gasteiger charge is 2.23. The van der Waals surface area contributed by atoms with E-state index >= 15 is 0 Å². The van der Waals surface area contributed by atoms with Gasteiger partial charge in [-0.3, -0.25) is 9.35 Å². The molecule has 0 fully saturated rings. The molecule has 0 spiro atoms. The highest BCUT2D eigenvalue weighted by molar-refractivity contribution is 7.86. The highest BCUT2D eigenvalue weighted by atomic mass is 35.5. The lowest BCUT2D eigenvalue weighted by molar-refractivity contribution is 0.102.